The summed E-state index contributed by atoms with van der Waals surface area (Å²) in [6.45, 7) is 4.18. The summed E-state index contributed by atoms with van der Waals surface area (Å²) in [6.07, 6.45) is 0. The first-order valence-corrected chi connectivity index (χ1v) is 9.76. The van der Waals surface area contributed by atoms with E-state index in [1.54, 1.807) is 17.8 Å². The van der Waals surface area contributed by atoms with Crippen molar-refractivity contribution < 1.29 is 4.42 Å². The highest BCUT2D eigenvalue weighted by Gasteiger charge is 2.19. The molecule has 0 fully saturated rings. The minimum absolute atomic E-state index is 0.204. The fraction of sp³-hybridized carbons (Fsp3) is 0.250. The van der Waals surface area contributed by atoms with Gasteiger partial charge in [0.15, 0.2) is 15.6 Å². The van der Waals surface area contributed by atoms with Crippen LogP contribution in [0.1, 0.15) is 25.5 Å². The van der Waals surface area contributed by atoms with Crippen LogP contribution >= 0.6 is 50.9 Å². The van der Waals surface area contributed by atoms with Crippen molar-refractivity contribution in [1.82, 2.24) is 14.8 Å². The number of rotatable bonds is 5. The lowest BCUT2D eigenvalue weighted by Gasteiger charge is -2.12. The molecule has 3 rings (SSSR count). The first kappa shape index (κ1) is 17.9. The Morgan fingerprint density at radius 3 is 2.58 bits per heavy atom. The summed E-state index contributed by atoms with van der Waals surface area (Å²) in [4.78, 5) is 0. The van der Waals surface area contributed by atoms with Gasteiger partial charge in [0, 0.05) is 11.8 Å². The molecule has 0 spiro atoms. The number of nitrogens with zero attached hydrogens (tertiary/aromatic N) is 3. The summed E-state index contributed by atoms with van der Waals surface area (Å²) in [5.41, 5.74) is 1.08. The van der Waals surface area contributed by atoms with Crippen molar-refractivity contribution >= 4 is 50.9 Å². The lowest BCUT2D eigenvalue weighted by Crippen LogP contribution is -2.04. The summed E-state index contributed by atoms with van der Waals surface area (Å²) in [6, 6.07) is 9.56. The number of furan rings is 1. The average molecular weight is 447 g/mol. The van der Waals surface area contributed by atoms with Crippen molar-refractivity contribution in [1.29, 1.82) is 0 Å². The Balaban J connectivity index is 1.85. The molecule has 8 heteroatoms. The van der Waals surface area contributed by atoms with Crippen LogP contribution in [-0.2, 0) is 5.75 Å². The van der Waals surface area contributed by atoms with Gasteiger partial charge in [0.05, 0.1) is 10.0 Å². The largest absolute Gasteiger partial charge is 0.446 e. The Bertz CT molecular complexity index is 863. The number of hydrogen-bond donors (Lipinski definition) is 0. The summed E-state index contributed by atoms with van der Waals surface area (Å²) in [5, 5.41) is 10.6. The molecule has 0 N–H and O–H groups in total. The van der Waals surface area contributed by atoms with Crippen LogP contribution in [0.25, 0.3) is 11.6 Å². The molecule has 4 nitrogen and oxygen atoms in total. The SMILES string of the molecule is CC(C)n1c(SCc2ccc(Cl)c(Cl)c2)nnc1-c1ccc(Br)o1. The van der Waals surface area contributed by atoms with Crippen LogP contribution in [0.15, 0.2) is 44.6 Å². The zero-order chi connectivity index (χ0) is 17.3. The van der Waals surface area contributed by atoms with E-state index in [2.05, 4.69) is 44.5 Å². The van der Waals surface area contributed by atoms with Gasteiger partial charge < -0.3 is 4.42 Å². The Hall–Kier alpha value is -0.950. The van der Waals surface area contributed by atoms with Gasteiger partial charge in [-0.25, -0.2) is 0 Å². The van der Waals surface area contributed by atoms with Gasteiger partial charge in [0.25, 0.3) is 0 Å². The van der Waals surface area contributed by atoms with Gasteiger partial charge in [-0.15, -0.1) is 10.2 Å². The Labute approximate surface area is 162 Å². The van der Waals surface area contributed by atoms with Crippen LogP contribution in [0.4, 0.5) is 0 Å². The third-order valence-corrected chi connectivity index (χ3v) is 5.51. The second-order valence-electron chi connectivity index (χ2n) is 5.41. The van der Waals surface area contributed by atoms with Gasteiger partial charge in [-0.3, -0.25) is 4.57 Å². The summed E-state index contributed by atoms with van der Waals surface area (Å²) in [5.74, 6) is 2.13. The molecule has 126 valence electrons. The Morgan fingerprint density at radius 1 is 1.17 bits per heavy atom. The van der Waals surface area contributed by atoms with E-state index < -0.39 is 0 Å². The predicted octanol–water partition coefficient (Wildman–Crippen LogP) is 6.48. The molecule has 2 heterocycles. The van der Waals surface area contributed by atoms with E-state index in [0.29, 0.717) is 26.3 Å². The maximum atomic E-state index is 6.07. The maximum absolute atomic E-state index is 6.07. The monoisotopic (exact) mass is 445 g/mol. The van der Waals surface area contributed by atoms with Gasteiger partial charge >= 0.3 is 0 Å². The number of benzene rings is 1. The molecule has 0 bridgehead atoms. The van der Waals surface area contributed by atoms with E-state index in [9.17, 15) is 0 Å². The zero-order valence-electron chi connectivity index (χ0n) is 13.0. The molecule has 3 aromatic rings. The van der Waals surface area contributed by atoms with Crippen LogP contribution < -0.4 is 0 Å². The molecule has 2 aromatic heterocycles. The number of aromatic nitrogens is 3. The molecule has 0 amide bonds. The summed E-state index contributed by atoms with van der Waals surface area (Å²) < 4.78 is 8.35. The normalized spacial score (nSPS) is 11.4. The van der Waals surface area contributed by atoms with Crippen molar-refractivity contribution in [2.24, 2.45) is 0 Å². The van der Waals surface area contributed by atoms with Gasteiger partial charge in [-0.05, 0) is 59.6 Å². The first-order valence-electron chi connectivity index (χ1n) is 7.23. The molecule has 24 heavy (non-hydrogen) atoms. The number of halogens is 3. The maximum Gasteiger partial charge on any atom is 0.200 e. The van der Waals surface area contributed by atoms with E-state index in [-0.39, 0.29) is 6.04 Å². The predicted molar refractivity (Wildman–Crippen MR) is 102 cm³/mol. The van der Waals surface area contributed by atoms with Crippen LogP contribution in [0.5, 0.6) is 0 Å². The Morgan fingerprint density at radius 2 is 1.96 bits per heavy atom. The molecular formula is C16H14BrCl2N3OS. The quantitative estimate of drug-likeness (QED) is 0.420. The molecule has 0 radical (unpaired) electrons. The fourth-order valence-corrected chi connectivity index (χ4v) is 3.86. The van der Waals surface area contributed by atoms with Crippen LogP contribution in [0.2, 0.25) is 10.0 Å². The lowest BCUT2D eigenvalue weighted by atomic mass is 10.2. The van der Waals surface area contributed by atoms with Crippen molar-refractivity contribution in [3.63, 3.8) is 0 Å². The third kappa shape index (κ3) is 3.82. The average Bonchev–Trinajstić information content (AvgIpc) is 3.14. The van der Waals surface area contributed by atoms with Crippen molar-refractivity contribution in [3.8, 4) is 11.6 Å². The van der Waals surface area contributed by atoms with Gasteiger partial charge in [0.2, 0.25) is 5.82 Å². The van der Waals surface area contributed by atoms with Crippen molar-refractivity contribution in [3.05, 3.63) is 50.6 Å². The van der Waals surface area contributed by atoms with Gasteiger partial charge in [0.1, 0.15) is 0 Å². The minimum Gasteiger partial charge on any atom is -0.446 e. The molecule has 1 aromatic carbocycles. The molecule has 0 saturated carbocycles. The molecule has 0 aliphatic rings. The van der Waals surface area contributed by atoms with E-state index >= 15 is 0 Å². The summed E-state index contributed by atoms with van der Waals surface area (Å²) >= 11 is 16.9. The summed E-state index contributed by atoms with van der Waals surface area (Å²) in [7, 11) is 0. The molecule has 0 aliphatic heterocycles. The lowest BCUT2D eigenvalue weighted by molar-refractivity contribution is 0.519. The second-order valence-corrected chi connectivity index (χ2v) is 7.95. The van der Waals surface area contributed by atoms with Crippen molar-refractivity contribution in [2.45, 2.75) is 30.8 Å². The molecule has 0 atom stereocenters. The molecule has 0 unspecified atom stereocenters. The highest BCUT2D eigenvalue weighted by Crippen LogP contribution is 2.32. The van der Waals surface area contributed by atoms with Gasteiger partial charge in [-0.1, -0.05) is 41.0 Å². The standard InChI is InChI=1S/C16H14BrCl2N3OS/c1-9(2)22-15(13-5-6-14(17)23-13)20-21-16(22)24-8-10-3-4-11(18)12(19)7-10/h3-7,9H,8H2,1-2H3. The third-order valence-electron chi connectivity index (χ3n) is 3.33. The number of thioether (sulfide) groups is 1. The van der Waals surface area contributed by atoms with Crippen LogP contribution in [0.3, 0.4) is 0 Å². The molecular weight excluding hydrogens is 433 g/mol. The minimum atomic E-state index is 0.204. The van der Waals surface area contributed by atoms with Gasteiger partial charge in [-0.2, -0.15) is 0 Å². The van der Waals surface area contributed by atoms with Crippen LogP contribution in [-0.4, -0.2) is 14.8 Å². The molecule has 0 saturated heterocycles. The zero-order valence-corrected chi connectivity index (χ0v) is 16.9. The van der Waals surface area contributed by atoms with Crippen molar-refractivity contribution in [2.75, 3.05) is 0 Å². The number of hydrogen-bond acceptors (Lipinski definition) is 4. The fourth-order valence-electron chi connectivity index (χ4n) is 2.22. The second kappa shape index (κ2) is 7.52. The van der Waals surface area contributed by atoms with E-state index in [1.165, 1.54) is 0 Å². The topological polar surface area (TPSA) is 43.9 Å². The van der Waals surface area contributed by atoms with E-state index in [4.69, 9.17) is 27.6 Å². The van der Waals surface area contributed by atoms with E-state index in [0.717, 1.165) is 16.5 Å². The highest BCUT2D eigenvalue weighted by molar-refractivity contribution is 9.10. The smallest absolute Gasteiger partial charge is 0.200 e. The van der Waals surface area contributed by atoms with E-state index in [1.807, 2.05) is 24.3 Å². The molecule has 0 aliphatic carbocycles. The first-order chi connectivity index (χ1) is 11.5. The van der Waals surface area contributed by atoms with Crippen LogP contribution in [0, 0.1) is 0 Å². The highest BCUT2D eigenvalue weighted by atomic mass is 79.9. The Kier molecular flexibility index (Phi) is 5.59.